The van der Waals surface area contributed by atoms with Gasteiger partial charge in [0, 0.05) is 23.7 Å². The van der Waals surface area contributed by atoms with E-state index in [1.165, 1.54) is 23.1 Å². The van der Waals surface area contributed by atoms with Crippen molar-refractivity contribution in [2.45, 2.75) is 6.92 Å². The zero-order valence-electron chi connectivity index (χ0n) is 14.5. The van der Waals surface area contributed by atoms with Crippen LogP contribution in [0.4, 0.5) is 5.13 Å². The smallest absolute Gasteiger partial charge is 0.267 e. The van der Waals surface area contributed by atoms with E-state index in [0.29, 0.717) is 21.7 Å². The minimum absolute atomic E-state index is 0.104. The summed E-state index contributed by atoms with van der Waals surface area (Å²) in [7, 11) is 0. The number of para-hydroxylation sites is 1. The summed E-state index contributed by atoms with van der Waals surface area (Å²) in [4.78, 5) is 24.0. The maximum Gasteiger partial charge on any atom is 0.267 e. The maximum atomic E-state index is 12.9. The Morgan fingerprint density at radius 3 is 2.89 bits per heavy atom. The third kappa shape index (κ3) is 3.54. The second-order valence-electron chi connectivity index (χ2n) is 5.74. The molecule has 1 saturated heterocycles. The van der Waals surface area contributed by atoms with Crippen LogP contribution in [0.5, 0.6) is 0 Å². The number of aromatic nitrogens is 3. The third-order valence-corrected chi connectivity index (χ3v) is 5.60. The Morgan fingerprint density at radius 2 is 2.11 bits per heavy atom. The van der Waals surface area contributed by atoms with Gasteiger partial charge in [0.05, 0.1) is 10.4 Å². The first-order valence-electron chi connectivity index (χ1n) is 8.20. The number of amides is 1. The summed E-state index contributed by atoms with van der Waals surface area (Å²) >= 11 is 2.71. The highest BCUT2D eigenvalue weighted by Gasteiger charge is 2.33. The van der Waals surface area contributed by atoms with Crippen LogP contribution in [0, 0.1) is 6.92 Å². The quantitative estimate of drug-likeness (QED) is 0.491. The number of aryl methyl sites for hydroxylation is 1. The minimum atomic E-state index is -0.104. The monoisotopic (exact) mass is 393 g/mol. The van der Waals surface area contributed by atoms with Crippen LogP contribution in [0.3, 0.4) is 0 Å². The number of carbonyl (C=O) groups is 1. The molecule has 1 amide bonds. The number of rotatable bonds is 4. The van der Waals surface area contributed by atoms with E-state index in [1.54, 1.807) is 17.2 Å². The number of pyridine rings is 1. The molecule has 2 aromatic heterocycles. The van der Waals surface area contributed by atoms with Crippen LogP contribution < -0.4 is 0 Å². The molecule has 1 aromatic carbocycles. The number of benzene rings is 1. The molecule has 1 aliphatic heterocycles. The molecule has 1 fully saturated rings. The summed E-state index contributed by atoms with van der Waals surface area (Å²) < 4.78 is 0. The molecule has 0 atom stereocenters. The van der Waals surface area contributed by atoms with Crippen molar-refractivity contribution in [3.8, 4) is 0 Å². The fourth-order valence-electron chi connectivity index (χ4n) is 2.68. The van der Waals surface area contributed by atoms with Crippen molar-refractivity contribution in [1.29, 1.82) is 0 Å². The topological polar surface area (TPSA) is 71.3 Å². The highest BCUT2D eigenvalue weighted by molar-refractivity contribution is 8.18. The number of fused-ring (bicyclic) bond motifs is 1. The molecule has 27 heavy (non-hydrogen) atoms. The number of hydrogen-bond acceptors (Lipinski definition) is 7. The van der Waals surface area contributed by atoms with Crippen molar-refractivity contribution >= 4 is 56.3 Å². The van der Waals surface area contributed by atoms with Gasteiger partial charge in [-0.25, -0.2) is 0 Å². The van der Waals surface area contributed by atoms with Gasteiger partial charge in [-0.3, -0.25) is 14.7 Å². The molecule has 3 heterocycles. The molecule has 3 aromatic rings. The lowest BCUT2D eigenvalue weighted by Crippen LogP contribution is -2.29. The van der Waals surface area contributed by atoms with Gasteiger partial charge in [-0.2, -0.15) is 4.99 Å². The SMILES string of the molecule is C=CCN1C(=O)C(=Cc2cccc3cccnc23)SC1=Nc1nnc(C)s1. The van der Waals surface area contributed by atoms with Crippen molar-refractivity contribution in [1.82, 2.24) is 20.1 Å². The van der Waals surface area contributed by atoms with Crippen LogP contribution in [-0.2, 0) is 4.79 Å². The zero-order valence-corrected chi connectivity index (χ0v) is 16.1. The Morgan fingerprint density at radius 1 is 1.26 bits per heavy atom. The highest BCUT2D eigenvalue weighted by atomic mass is 32.2. The van der Waals surface area contributed by atoms with Gasteiger partial charge in [-0.05, 0) is 30.8 Å². The molecule has 0 aliphatic carbocycles. The van der Waals surface area contributed by atoms with Gasteiger partial charge in [-0.1, -0.05) is 41.7 Å². The fraction of sp³-hybridized carbons (Fsp3) is 0.105. The van der Waals surface area contributed by atoms with Crippen LogP contribution in [0.2, 0.25) is 0 Å². The van der Waals surface area contributed by atoms with E-state index in [9.17, 15) is 4.79 Å². The summed E-state index contributed by atoms with van der Waals surface area (Å²) in [6.07, 6.45) is 5.30. The predicted molar refractivity (Wildman–Crippen MR) is 111 cm³/mol. The minimum Gasteiger partial charge on any atom is -0.282 e. The highest BCUT2D eigenvalue weighted by Crippen LogP contribution is 2.35. The normalized spacial score (nSPS) is 17.4. The van der Waals surface area contributed by atoms with E-state index in [4.69, 9.17) is 0 Å². The van der Waals surface area contributed by atoms with Crippen LogP contribution in [0.15, 0.2) is 59.1 Å². The molecule has 8 heteroatoms. The van der Waals surface area contributed by atoms with Crippen LogP contribution >= 0.6 is 23.1 Å². The number of thioether (sulfide) groups is 1. The Balaban J connectivity index is 1.75. The summed E-state index contributed by atoms with van der Waals surface area (Å²) in [5.41, 5.74) is 1.76. The lowest BCUT2D eigenvalue weighted by Gasteiger charge is -2.11. The first kappa shape index (κ1) is 17.6. The first-order valence-corrected chi connectivity index (χ1v) is 9.84. The molecule has 1 aliphatic rings. The van der Waals surface area contributed by atoms with Crippen LogP contribution in [0.1, 0.15) is 10.6 Å². The first-order chi connectivity index (χ1) is 13.2. The standard InChI is InChI=1S/C19H15N5OS2/c1-3-10-24-17(25)15(27-19(24)21-18-23-22-12(2)26-18)11-14-7-4-6-13-8-5-9-20-16(13)14/h3-9,11H,1,10H2,2H3. The number of hydrogen-bond donors (Lipinski definition) is 0. The van der Waals surface area contributed by atoms with Gasteiger partial charge in [0.25, 0.3) is 5.91 Å². The Bertz CT molecular complexity index is 1100. The second-order valence-corrected chi connectivity index (χ2v) is 7.90. The molecule has 0 saturated carbocycles. The molecular weight excluding hydrogens is 378 g/mol. The van der Waals surface area contributed by atoms with Crippen molar-refractivity contribution in [2.24, 2.45) is 4.99 Å². The molecule has 0 unspecified atom stereocenters. The molecule has 4 rings (SSSR count). The van der Waals surface area contributed by atoms with Gasteiger partial charge in [0.1, 0.15) is 5.01 Å². The van der Waals surface area contributed by atoms with Gasteiger partial charge in [0.15, 0.2) is 5.17 Å². The molecule has 134 valence electrons. The Kier molecular flexibility index (Phi) is 4.83. The second kappa shape index (κ2) is 7.42. The lowest BCUT2D eigenvalue weighted by atomic mass is 10.1. The molecule has 0 N–H and O–H groups in total. The van der Waals surface area contributed by atoms with E-state index in [1.807, 2.05) is 43.3 Å². The maximum absolute atomic E-state index is 12.9. The molecule has 0 bridgehead atoms. The van der Waals surface area contributed by atoms with Crippen molar-refractivity contribution in [3.05, 3.63) is 64.7 Å². The van der Waals surface area contributed by atoms with Crippen LogP contribution in [-0.4, -0.2) is 37.7 Å². The summed E-state index contributed by atoms with van der Waals surface area (Å²) in [6.45, 7) is 5.99. The number of nitrogens with zero attached hydrogens (tertiary/aromatic N) is 5. The molecule has 0 spiro atoms. The van der Waals surface area contributed by atoms with E-state index >= 15 is 0 Å². The molecular formula is C19H15N5OS2. The van der Waals surface area contributed by atoms with Crippen molar-refractivity contribution in [2.75, 3.05) is 6.54 Å². The molecule has 0 radical (unpaired) electrons. The largest absolute Gasteiger partial charge is 0.282 e. The average Bonchev–Trinajstić information content (AvgIpc) is 3.21. The predicted octanol–water partition coefficient (Wildman–Crippen LogP) is 4.18. The van der Waals surface area contributed by atoms with Gasteiger partial charge in [-0.15, -0.1) is 16.8 Å². The van der Waals surface area contributed by atoms with Crippen molar-refractivity contribution < 1.29 is 4.79 Å². The number of aliphatic imine (C=N–C) groups is 1. The summed E-state index contributed by atoms with van der Waals surface area (Å²) in [6, 6.07) is 9.82. The number of amidine groups is 1. The van der Waals surface area contributed by atoms with Gasteiger partial charge >= 0.3 is 0 Å². The third-order valence-electron chi connectivity index (χ3n) is 3.86. The van der Waals surface area contributed by atoms with E-state index in [-0.39, 0.29) is 5.91 Å². The Hall–Kier alpha value is -2.84. The summed E-state index contributed by atoms with van der Waals surface area (Å²) in [5.74, 6) is -0.104. The van der Waals surface area contributed by atoms with Gasteiger partial charge < -0.3 is 0 Å². The van der Waals surface area contributed by atoms with Gasteiger partial charge in [0.2, 0.25) is 5.13 Å². The van der Waals surface area contributed by atoms with Crippen molar-refractivity contribution in [3.63, 3.8) is 0 Å². The van der Waals surface area contributed by atoms with E-state index < -0.39 is 0 Å². The zero-order chi connectivity index (χ0) is 18.8. The Labute approximate surface area is 164 Å². The lowest BCUT2D eigenvalue weighted by molar-refractivity contribution is -0.121. The summed E-state index contributed by atoms with van der Waals surface area (Å²) in [5, 5.41) is 11.0. The van der Waals surface area contributed by atoms with E-state index in [0.717, 1.165) is 21.5 Å². The van der Waals surface area contributed by atoms with E-state index in [2.05, 4.69) is 26.8 Å². The average molecular weight is 393 g/mol. The number of carbonyl (C=O) groups excluding carboxylic acids is 1. The fourth-order valence-corrected chi connectivity index (χ4v) is 4.28. The molecule has 6 nitrogen and oxygen atoms in total. The van der Waals surface area contributed by atoms with Crippen LogP contribution in [0.25, 0.3) is 17.0 Å².